The number of ether oxygens (including phenoxy) is 4. The molecule has 604 valence electrons. The minimum Gasteiger partial charge on any atom is -0.462 e. The molecule has 0 heterocycles. The predicted octanol–water partition coefficient (Wildman–Crippen LogP) is 24.0. The van der Waals surface area contributed by atoms with E-state index in [0.717, 1.165) is 186 Å². The summed E-state index contributed by atoms with van der Waals surface area (Å²) in [5.74, 6) is -2.30. The Labute approximate surface area is 642 Å². The summed E-state index contributed by atoms with van der Waals surface area (Å²) < 4.78 is 68.6. The molecule has 0 amide bonds. The summed E-state index contributed by atoms with van der Waals surface area (Å²) in [5.41, 5.74) is 0. The maximum Gasteiger partial charge on any atom is 0.472 e. The second-order valence-electron chi connectivity index (χ2n) is 26.6. The van der Waals surface area contributed by atoms with E-state index in [0.29, 0.717) is 32.1 Å². The number of carbonyl (C=O) groups excluding carboxylic acids is 4. The second kappa shape index (κ2) is 77.8. The fraction of sp³-hybridized carbons (Fsp3) is 0.655. The summed E-state index contributed by atoms with van der Waals surface area (Å²) in [6.07, 6.45) is 90.9. The van der Waals surface area contributed by atoms with Crippen LogP contribution in [-0.4, -0.2) is 96.7 Å². The van der Waals surface area contributed by atoms with Gasteiger partial charge in [-0.2, -0.15) is 0 Å². The Balaban J connectivity index is 5.41. The van der Waals surface area contributed by atoms with E-state index in [9.17, 15) is 43.2 Å². The fourth-order valence-electron chi connectivity index (χ4n) is 10.4. The molecule has 0 aromatic carbocycles. The van der Waals surface area contributed by atoms with Crippen LogP contribution in [0.15, 0.2) is 158 Å². The third kappa shape index (κ3) is 76.9. The van der Waals surface area contributed by atoms with E-state index in [1.165, 1.54) is 38.5 Å². The third-order valence-corrected chi connectivity index (χ3v) is 18.4. The lowest BCUT2D eigenvalue weighted by atomic mass is 10.1. The van der Waals surface area contributed by atoms with Crippen molar-refractivity contribution in [3.05, 3.63) is 158 Å². The molecule has 5 unspecified atom stereocenters. The highest BCUT2D eigenvalue weighted by atomic mass is 31.2. The lowest BCUT2D eigenvalue weighted by molar-refractivity contribution is -0.161. The number of aliphatic hydroxyl groups excluding tert-OH is 1. The van der Waals surface area contributed by atoms with Crippen molar-refractivity contribution in [2.24, 2.45) is 0 Å². The van der Waals surface area contributed by atoms with Crippen LogP contribution in [0.1, 0.15) is 310 Å². The van der Waals surface area contributed by atoms with Crippen LogP contribution in [-0.2, 0) is 65.4 Å². The van der Waals surface area contributed by atoms with Gasteiger partial charge in [-0.3, -0.25) is 37.3 Å². The molecule has 3 N–H and O–H groups in total. The van der Waals surface area contributed by atoms with Crippen molar-refractivity contribution >= 4 is 39.5 Å². The van der Waals surface area contributed by atoms with Crippen molar-refractivity contribution in [2.45, 2.75) is 329 Å². The average molecular weight is 1520 g/mol. The SMILES string of the molecule is CC/C=C\C/C=C\C/C=C\C/C=C\C/C=C\C/C=C\CCC(=O)OCC(COP(=O)(O)OCC(O)COP(=O)(O)OCC(COC(=O)CCCCCCCC/C=C\C/C=C\C/C=C\C/C=C\CC)OC(=O)CCCCCCCCCCCCC)OC(=O)CCCCCCCCC/C=C\C/C=C\C/C=C\CC. The number of esters is 4. The first-order valence-electron chi connectivity index (χ1n) is 40.7. The number of hydrogen-bond donors (Lipinski definition) is 3. The van der Waals surface area contributed by atoms with Crippen LogP contribution >= 0.6 is 15.6 Å². The molecule has 0 aliphatic heterocycles. The van der Waals surface area contributed by atoms with Gasteiger partial charge in [-0.05, 0) is 135 Å². The molecule has 0 spiro atoms. The lowest BCUT2D eigenvalue weighted by Gasteiger charge is -2.21. The monoisotopic (exact) mass is 1520 g/mol. The molecule has 0 saturated carbocycles. The molecule has 0 saturated heterocycles. The normalized spacial score (nSPS) is 14.7. The number of unbranched alkanes of at least 4 members (excludes halogenated alkanes) is 23. The molecule has 0 fully saturated rings. The summed E-state index contributed by atoms with van der Waals surface area (Å²) >= 11 is 0. The standard InChI is InChI=1S/C87H144O17P2/c1-5-9-13-17-21-25-29-32-35-38-40-43-45-48-52-55-59-63-67-71-84(89)97-77-82(103-86(91)73-69-65-61-57-51-28-24-20-16-12-8-4)79-101-105(93,94)99-75-81(88)76-100-106(95,96)102-80-83(104-87(92)74-70-66-62-58-54-50-47-42-37-34-31-27-23-19-15-11-7-3)78-98-85(90)72-68-64-60-56-53-49-46-44-41-39-36-33-30-26-22-18-14-10-6-2/h9-11,13-15,21-23,25-27,32-37,40-41,43-44,49,53,60,64,81-83,88H,5-8,12,16-20,24,28-31,38-39,42,45-48,50-52,54-59,61-63,65-80H2,1-4H3,(H,93,94)(H,95,96)/b13-9-,14-10-,15-11-,25-21-,26-22-,27-23-,35-32-,36-33-,37-34-,43-40-,44-41-,53-49-,64-60-. The Hall–Kier alpha value is -5.32. The van der Waals surface area contributed by atoms with Crippen molar-refractivity contribution in [1.82, 2.24) is 0 Å². The number of allylic oxidation sites excluding steroid dienone is 26. The summed E-state index contributed by atoms with van der Waals surface area (Å²) in [5, 5.41) is 10.6. The first-order valence-corrected chi connectivity index (χ1v) is 43.7. The van der Waals surface area contributed by atoms with Crippen molar-refractivity contribution in [3.8, 4) is 0 Å². The van der Waals surface area contributed by atoms with Crippen LogP contribution < -0.4 is 0 Å². The molecular weight excluding hydrogens is 1380 g/mol. The first-order chi connectivity index (χ1) is 51.7. The topological polar surface area (TPSA) is 237 Å². The Morgan fingerprint density at radius 1 is 0.274 bits per heavy atom. The van der Waals surface area contributed by atoms with Crippen molar-refractivity contribution < 1.29 is 80.2 Å². The number of phosphoric ester groups is 2. The highest BCUT2D eigenvalue weighted by Gasteiger charge is 2.30. The summed E-state index contributed by atoms with van der Waals surface area (Å²) in [4.78, 5) is 73.0. The van der Waals surface area contributed by atoms with Gasteiger partial charge in [0.1, 0.15) is 19.3 Å². The van der Waals surface area contributed by atoms with Gasteiger partial charge >= 0.3 is 39.5 Å². The smallest absolute Gasteiger partial charge is 0.462 e. The highest BCUT2D eigenvalue weighted by Crippen LogP contribution is 2.45. The molecular formula is C87H144O17P2. The zero-order valence-corrected chi connectivity index (χ0v) is 67.8. The average Bonchev–Trinajstić information content (AvgIpc) is 0.919. The molecule has 19 heteroatoms. The minimum atomic E-state index is -5.00. The van der Waals surface area contributed by atoms with Gasteiger partial charge < -0.3 is 33.8 Å². The van der Waals surface area contributed by atoms with Crippen LogP contribution in [0.3, 0.4) is 0 Å². The van der Waals surface area contributed by atoms with E-state index in [1.807, 2.05) is 18.2 Å². The molecule has 0 radical (unpaired) electrons. The van der Waals surface area contributed by atoms with Crippen LogP contribution in [0.5, 0.6) is 0 Å². The zero-order chi connectivity index (χ0) is 77.4. The largest absolute Gasteiger partial charge is 0.472 e. The summed E-state index contributed by atoms with van der Waals surface area (Å²) in [7, 11) is -9.99. The van der Waals surface area contributed by atoms with Crippen molar-refractivity contribution in [1.29, 1.82) is 0 Å². The minimum absolute atomic E-state index is 0.0296. The predicted molar refractivity (Wildman–Crippen MR) is 436 cm³/mol. The number of phosphoric acid groups is 2. The quantitative estimate of drug-likeness (QED) is 0.0169. The Morgan fingerprint density at radius 3 is 0.811 bits per heavy atom. The lowest BCUT2D eigenvalue weighted by Crippen LogP contribution is -2.30. The van der Waals surface area contributed by atoms with E-state index in [1.54, 1.807) is 0 Å². The molecule has 0 bridgehead atoms. The van der Waals surface area contributed by atoms with Gasteiger partial charge in [-0.1, -0.05) is 308 Å². The first kappa shape index (κ1) is 101. The maximum absolute atomic E-state index is 13.1. The van der Waals surface area contributed by atoms with Gasteiger partial charge in [0.15, 0.2) is 12.2 Å². The molecule has 0 aromatic rings. The Bertz CT molecular complexity index is 2630. The highest BCUT2D eigenvalue weighted by molar-refractivity contribution is 7.47. The Morgan fingerprint density at radius 2 is 0.509 bits per heavy atom. The third-order valence-electron chi connectivity index (χ3n) is 16.5. The number of aliphatic hydroxyl groups is 1. The molecule has 5 atom stereocenters. The van der Waals surface area contributed by atoms with Gasteiger partial charge in [0, 0.05) is 25.7 Å². The fourth-order valence-corrected chi connectivity index (χ4v) is 12.0. The van der Waals surface area contributed by atoms with Crippen LogP contribution in [0.2, 0.25) is 0 Å². The van der Waals surface area contributed by atoms with Gasteiger partial charge in [0.2, 0.25) is 0 Å². The Kier molecular flexibility index (Phi) is 73.9. The van der Waals surface area contributed by atoms with E-state index in [-0.39, 0.29) is 25.7 Å². The molecule has 0 aromatic heterocycles. The van der Waals surface area contributed by atoms with Crippen LogP contribution in [0.4, 0.5) is 0 Å². The number of carbonyl (C=O) groups is 4. The van der Waals surface area contributed by atoms with E-state index in [4.69, 9.17) is 37.0 Å². The van der Waals surface area contributed by atoms with E-state index >= 15 is 0 Å². The second-order valence-corrected chi connectivity index (χ2v) is 29.5. The van der Waals surface area contributed by atoms with Crippen molar-refractivity contribution in [2.75, 3.05) is 39.6 Å². The van der Waals surface area contributed by atoms with Gasteiger partial charge in [0.05, 0.1) is 26.4 Å². The van der Waals surface area contributed by atoms with Gasteiger partial charge in [-0.25, -0.2) is 9.13 Å². The van der Waals surface area contributed by atoms with Gasteiger partial charge in [-0.15, -0.1) is 0 Å². The summed E-state index contributed by atoms with van der Waals surface area (Å²) in [6.45, 7) is 4.43. The van der Waals surface area contributed by atoms with Crippen molar-refractivity contribution in [3.63, 3.8) is 0 Å². The number of rotatable bonds is 75. The summed E-state index contributed by atoms with van der Waals surface area (Å²) in [6, 6.07) is 0. The molecule has 0 rings (SSSR count). The molecule has 0 aliphatic carbocycles. The van der Waals surface area contributed by atoms with E-state index < -0.39 is 97.5 Å². The van der Waals surface area contributed by atoms with Crippen LogP contribution in [0.25, 0.3) is 0 Å². The van der Waals surface area contributed by atoms with E-state index in [2.05, 4.69) is 167 Å². The number of hydrogen-bond acceptors (Lipinski definition) is 15. The molecule has 17 nitrogen and oxygen atoms in total. The maximum atomic E-state index is 13.1. The van der Waals surface area contributed by atoms with Crippen LogP contribution in [0, 0.1) is 0 Å². The van der Waals surface area contributed by atoms with Gasteiger partial charge in [0.25, 0.3) is 0 Å². The molecule has 0 aliphatic rings. The zero-order valence-electron chi connectivity index (χ0n) is 66.1. The molecule has 106 heavy (non-hydrogen) atoms.